The molecule has 0 amide bonds. The second-order valence-electron chi connectivity index (χ2n) is 4.25. The molecule has 0 bridgehead atoms. The maximum Gasteiger partial charge on any atom is 0.240 e. The molecule has 0 fully saturated rings. The highest BCUT2D eigenvalue weighted by Crippen LogP contribution is 2.22. The quantitative estimate of drug-likeness (QED) is 0.675. The zero-order chi connectivity index (χ0) is 15.0. The van der Waals surface area contributed by atoms with Crippen LogP contribution >= 0.6 is 11.8 Å². The average Bonchev–Trinajstić information content (AvgIpc) is 2.44. The summed E-state index contributed by atoms with van der Waals surface area (Å²) >= 11 is 1.70. The predicted octanol–water partition coefficient (Wildman–Crippen LogP) is 1.45. The smallest absolute Gasteiger partial charge is 0.240 e. The topological polar surface area (TPSA) is 67.4 Å². The van der Waals surface area contributed by atoms with Gasteiger partial charge in [0.25, 0.3) is 0 Å². The highest BCUT2D eigenvalue weighted by Gasteiger charge is 2.15. The van der Waals surface area contributed by atoms with Gasteiger partial charge in [-0.1, -0.05) is 0 Å². The Kier molecular flexibility index (Phi) is 7.36. The maximum atomic E-state index is 12.2. The van der Waals surface area contributed by atoms with E-state index in [1.54, 1.807) is 44.1 Å². The molecule has 20 heavy (non-hydrogen) atoms. The van der Waals surface area contributed by atoms with Gasteiger partial charge in [0.1, 0.15) is 5.75 Å². The third-order valence-corrected chi connectivity index (χ3v) is 4.90. The van der Waals surface area contributed by atoms with Crippen molar-refractivity contribution in [3.8, 4) is 5.75 Å². The van der Waals surface area contributed by atoms with Gasteiger partial charge in [-0.05, 0) is 43.7 Å². The molecule has 114 valence electrons. The van der Waals surface area contributed by atoms with Crippen LogP contribution in [0.4, 0.5) is 0 Å². The summed E-state index contributed by atoms with van der Waals surface area (Å²) in [7, 11) is -0.0696. The SMILES string of the molecule is CNCc1cc(S(=O)(=O)NCCCSC)ccc1OC. The van der Waals surface area contributed by atoms with Crippen molar-refractivity contribution in [2.75, 3.05) is 32.7 Å². The van der Waals surface area contributed by atoms with Gasteiger partial charge in [-0.15, -0.1) is 0 Å². The maximum absolute atomic E-state index is 12.2. The summed E-state index contributed by atoms with van der Waals surface area (Å²) in [5.74, 6) is 1.62. The van der Waals surface area contributed by atoms with Gasteiger partial charge >= 0.3 is 0 Å². The van der Waals surface area contributed by atoms with Gasteiger partial charge in [-0.25, -0.2) is 13.1 Å². The summed E-state index contributed by atoms with van der Waals surface area (Å²) in [6.07, 6.45) is 2.82. The zero-order valence-corrected chi connectivity index (χ0v) is 13.7. The summed E-state index contributed by atoms with van der Waals surface area (Å²) < 4.78 is 32.2. The molecule has 2 N–H and O–H groups in total. The van der Waals surface area contributed by atoms with Gasteiger partial charge in [0.05, 0.1) is 12.0 Å². The standard InChI is InChI=1S/C13H22N2O3S2/c1-14-10-11-9-12(5-6-13(11)18-2)20(16,17)15-7-4-8-19-3/h5-6,9,14-15H,4,7-8,10H2,1-3H3. The van der Waals surface area contributed by atoms with E-state index in [0.717, 1.165) is 17.7 Å². The molecule has 7 heteroatoms. The number of methoxy groups -OCH3 is 1. The molecular weight excluding hydrogens is 296 g/mol. The van der Waals surface area contributed by atoms with Gasteiger partial charge in [0.15, 0.2) is 0 Å². The van der Waals surface area contributed by atoms with E-state index in [2.05, 4.69) is 10.0 Å². The van der Waals surface area contributed by atoms with Crippen LogP contribution in [0.5, 0.6) is 5.75 Å². The fraction of sp³-hybridized carbons (Fsp3) is 0.538. The highest BCUT2D eigenvalue weighted by atomic mass is 32.2. The van der Waals surface area contributed by atoms with Crippen LogP contribution in [-0.4, -0.2) is 41.1 Å². The average molecular weight is 318 g/mol. The number of benzene rings is 1. The molecule has 0 spiro atoms. The van der Waals surface area contributed by atoms with Crippen molar-refractivity contribution in [2.45, 2.75) is 17.9 Å². The van der Waals surface area contributed by atoms with Crippen molar-refractivity contribution in [3.63, 3.8) is 0 Å². The van der Waals surface area contributed by atoms with Crippen LogP contribution in [0.2, 0.25) is 0 Å². The molecule has 0 atom stereocenters. The van der Waals surface area contributed by atoms with Crippen LogP contribution in [0.15, 0.2) is 23.1 Å². The number of sulfonamides is 1. The summed E-state index contributed by atoms with van der Waals surface area (Å²) in [6, 6.07) is 4.89. The second-order valence-corrected chi connectivity index (χ2v) is 7.00. The molecule has 1 rings (SSSR count). The lowest BCUT2D eigenvalue weighted by atomic mass is 10.2. The lowest BCUT2D eigenvalue weighted by Crippen LogP contribution is -2.25. The second kappa shape index (κ2) is 8.51. The molecule has 0 aliphatic rings. The molecular formula is C13H22N2O3S2. The van der Waals surface area contributed by atoms with E-state index in [-0.39, 0.29) is 4.90 Å². The molecule has 5 nitrogen and oxygen atoms in total. The molecule has 0 unspecified atom stereocenters. The Balaban J connectivity index is 2.86. The summed E-state index contributed by atoms with van der Waals surface area (Å²) in [5, 5.41) is 3.00. The van der Waals surface area contributed by atoms with E-state index in [1.807, 2.05) is 6.26 Å². The van der Waals surface area contributed by atoms with Crippen LogP contribution in [-0.2, 0) is 16.6 Å². The molecule has 0 heterocycles. The molecule has 0 saturated carbocycles. The first kappa shape index (κ1) is 17.3. The van der Waals surface area contributed by atoms with E-state index in [0.29, 0.717) is 18.8 Å². The summed E-state index contributed by atoms with van der Waals surface area (Å²) in [6.45, 7) is 1.01. The van der Waals surface area contributed by atoms with E-state index >= 15 is 0 Å². The van der Waals surface area contributed by atoms with Crippen LogP contribution in [0.3, 0.4) is 0 Å². The largest absolute Gasteiger partial charge is 0.496 e. The van der Waals surface area contributed by atoms with Gasteiger partial charge in [-0.3, -0.25) is 0 Å². The van der Waals surface area contributed by atoms with Crippen LogP contribution in [0.1, 0.15) is 12.0 Å². The lowest BCUT2D eigenvalue weighted by Gasteiger charge is -2.11. The number of hydrogen-bond acceptors (Lipinski definition) is 5. The number of thioether (sulfide) groups is 1. The van der Waals surface area contributed by atoms with Crippen molar-refractivity contribution in [3.05, 3.63) is 23.8 Å². The van der Waals surface area contributed by atoms with Crippen LogP contribution in [0.25, 0.3) is 0 Å². The van der Waals surface area contributed by atoms with Crippen LogP contribution in [0, 0.1) is 0 Å². The van der Waals surface area contributed by atoms with E-state index < -0.39 is 10.0 Å². The fourth-order valence-corrected chi connectivity index (χ4v) is 3.31. The van der Waals surface area contributed by atoms with Gasteiger partial charge in [0, 0.05) is 18.7 Å². The van der Waals surface area contributed by atoms with Crippen LogP contribution < -0.4 is 14.8 Å². The molecule has 0 aliphatic heterocycles. The van der Waals surface area contributed by atoms with Crippen molar-refractivity contribution >= 4 is 21.8 Å². The molecule has 0 saturated heterocycles. The Labute approximate surface area is 125 Å². The van der Waals surface area contributed by atoms with E-state index in [1.165, 1.54) is 0 Å². The van der Waals surface area contributed by atoms with E-state index in [4.69, 9.17) is 4.74 Å². The summed E-state index contributed by atoms with van der Waals surface area (Å²) in [5.41, 5.74) is 0.821. The van der Waals surface area contributed by atoms with Crippen molar-refractivity contribution in [1.82, 2.24) is 10.0 Å². The monoisotopic (exact) mass is 318 g/mol. The molecule has 0 radical (unpaired) electrons. The van der Waals surface area contributed by atoms with Gasteiger partial charge in [-0.2, -0.15) is 11.8 Å². The fourth-order valence-electron chi connectivity index (χ4n) is 1.76. The highest BCUT2D eigenvalue weighted by molar-refractivity contribution is 7.98. The third kappa shape index (κ3) is 4.97. The number of rotatable bonds is 9. The zero-order valence-electron chi connectivity index (χ0n) is 12.1. The Morgan fingerprint density at radius 1 is 1.35 bits per heavy atom. The first-order chi connectivity index (χ1) is 9.55. The Hall–Kier alpha value is -0.760. The molecule has 1 aromatic rings. The van der Waals surface area contributed by atoms with Crippen molar-refractivity contribution in [2.24, 2.45) is 0 Å². The Morgan fingerprint density at radius 3 is 2.70 bits per heavy atom. The predicted molar refractivity (Wildman–Crippen MR) is 83.9 cm³/mol. The minimum absolute atomic E-state index is 0.271. The number of hydrogen-bond donors (Lipinski definition) is 2. The lowest BCUT2D eigenvalue weighted by molar-refractivity contribution is 0.408. The molecule has 0 aromatic heterocycles. The Morgan fingerprint density at radius 2 is 2.10 bits per heavy atom. The van der Waals surface area contributed by atoms with Crippen molar-refractivity contribution in [1.29, 1.82) is 0 Å². The van der Waals surface area contributed by atoms with E-state index in [9.17, 15) is 8.42 Å². The molecule has 1 aromatic carbocycles. The minimum Gasteiger partial charge on any atom is -0.496 e. The summed E-state index contributed by atoms with van der Waals surface area (Å²) in [4.78, 5) is 0.271. The van der Waals surface area contributed by atoms with Gasteiger partial charge < -0.3 is 10.1 Å². The number of ether oxygens (including phenoxy) is 1. The normalized spacial score (nSPS) is 11.6. The third-order valence-electron chi connectivity index (χ3n) is 2.75. The van der Waals surface area contributed by atoms with Gasteiger partial charge in [0.2, 0.25) is 10.0 Å². The first-order valence-corrected chi connectivity index (χ1v) is 9.23. The first-order valence-electron chi connectivity index (χ1n) is 6.35. The number of nitrogens with one attached hydrogen (secondary N) is 2. The van der Waals surface area contributed by atoms with Crippen molar-refractivity contribution < 1.29 is 13.2 Å². The molecule has 0 aliphatic carbocycles. The Bertz CT molecular complexity index is 518. The minimum atomic E-state index is -3.45.